The first kappa shape index (κ1) is 19.2. The lowest BCUT2D eigenvalue weighted by atomic mass is 10.2. The van der Waals surface area contributed by atoms with E-state index in [2.05, 4.69) is 25.2 Å². The molecule has 29 heavy (non-hydrogen) atoms. The standard InChI is InChI=1S/C19H21N7O2S/c20-17(27)14-8-15(12-9-22-19(21)23-10-12)29-18(14)25-16-3-1-2-13(24-16)11-26-4-6-28-7-5-26/h1-3,8-10H,4-7,11H2,(H2,20,27)(H,24,25)(H2,21,22,23). The van der Waals surface area contributed by atoms with Crippen molar-refractivity contribution < 1.29 is 9.53 Å². The van der Waals surface area contributed by atoms with E-state index in [-0.39, 0.29) is 5.95 Å². The first-order valence-corrected chi connectivity index (χ1v) is 9.95. The van der Waals surface area contributed by atoms with E-state index in [1.807, 2.05) is 18.2 Å². The molecule has 4 heterocycles. The largest absolute Gasteiger partial charge is 0.379 e. The zero-order valence-electron chi connectivity index (χ0n) is 15.7. The molecule has 0 saturated carbocycles. The highest BCUT2D eigenvalue weighted by Crippen LogP contribution is 2.36. The zero-order valence-corrected chi connectivity index (χ0v) is 16.5. The fourth-order valence-electron chi connectivity index (χ4n) is 3.02. The van der Waals surface area contributed by atoms with Crippen LogP contribution in [0.2, 0.25) is 0 Å². The molecule has 0 bridgehead atoms. The summed E-state index contributed by atoms with van der Waals surface area (Å²) in [7, 11) is 0. The second-order valence-corrected chi connectivity index (χ2v) is 7.63. The molecule has 5 N–H and O–H groups in total. The quantitative estimate of drug-likeness (QED) is 0.560. The van der Waals surface area contributed by atoms with E-state index in [0.717, 1.165) is 49.0 Å². The van der Waals surface area contributed by atoms with Gasteiger partial charge in [0.15, 0.2) is 0 Å². The monoisotopic (exact) mass is 411 g/mol. The third-order valence-corrected chi connectivity index (χ3v) is 5.59. The third-order valence-electron chi connectivity index (χ3n) is 4.49. The summed E-state index contributed by atoms with van der Waals surface area (Å²) in [4.78, 5) is 27.7. The van der Waals surface area contributed by atoms with Crippen LogP contribution in [-0.2, 0) is 11.3 Å². The van der Waals surface area contributed by atoms with Crippen molar-refractivity contribution in [1.29, 1.82) is 0 Å². The number of nitrogen functional groups attached to an aromatic ring is 1. The Morgan fingerprint density at radius 1 is 1.24 bits per heavy atom. The summed E-state index contributed by atoms with van der Waals surface area (Å²) in [6, 6.07) is 7.51. The normalized spacial score (nSPS) is 14.6. The minimum atomic E-state index is -0.518. The Labute approximate surface area is 171 Å². The number of hydrogen-bond donors (Lipinski definition) is 3. The van der Waals surface area contributed by atoms with Crippen LogP contribution in [0.5, 0.6) is 0 Å². The Hall–Kier alpha value is -3.08. The Kier molecular flexibility index (Phi) is 5.65. The molecule has 3 aromatic heterocycles. The molecular formula is C19H21N7O2S. The molecule has 1 saturated heterocycles. The number of ether oxygens (including phenoxy) is 1. The van der Waals surface area contributed by atoms with Gasteiger partial charge >= 0.3 is 0 Å². The fraction of sp³-hybridized carbons (Fsp3) is 0.263. The van der Waals surface area contributed by atoms with Crippen LogP contribution >= 0.6 is 11.3 Å². The van der Waals surface area contributed by atoms with Crippen LogP contribution in [-0.4, -0.2) is 52.1 Å². The van der Waals surface area contributed by atoms with E-state index in [4.69, 9.17) is 16.2 Å². The van der Waals surface area contributed by atoms with E-state index in [0.29, 0.717) is 16.4 Å². The minimum absolute atomic E-state index is 0.195. The van der Waals surface area contributed by atoms with Gasteiger partial charge < -0.3 is 21.5 Å². The summed E-state index contributed by atoms with van der Waals surface area (Å²) < 4.78 is 5.39. The SMILES string of the molecule is NC(=O)c1cc(-c2cnc(N)nc2)sc1Nc1cccc(CN2CCOCC2)n1. The molecular weight excluding hydrogens is 390 g/mol. The number of nitrogens with zero attached hydrogens (tertiary/aromatic N) is 4. The molecule has 0 spiro atoms. The second-order valence-electron chi connectivity index (χ2n) is 6.58. The lowest BCUT2D eigenvalue weighted by Crippen LogP contribution is -2.35. The molecule has 1 fully saturated rings. The smallest absolute Gasteiger partial charge is 0.251 e. The van der Waals surface area contributed by atoms with E-state index >= 15 is 0 Å². The van der Waals surface area contributed by atoms with Crippen molar-refractivity contribution in [3.8, 4) is 10.4 Å². The Morgan fingerprint density at radius 3 is 2.72 bits per heavy atom. The van der Waals surface area contributed by atoms with Gasteiger partial charge in [0.25, 0.3) is 5.91 Å². The van der Waals surface area contributed by atoms with Crippen LogP contribution in [0.3, 0.4) is 0 Å². The van der Waals surface area contributed by atoms with Gasteiger partial charge in [-0.15, -0.1) is 11.3 Å². The number of amides is 1. The number of thiophene rings is 1. The minimum Gasteiger partial charge on any atom is -0.379 e. The van der Waals surface area contributed by atoms with Crippen LogP contribution in [0, 0.1) is 0 Å². The Bertz CT molecular complexity index is 1000. The van der Waals surface area contributed by atoms with Crippen LogP contribution in [0.25, 0.3) is 10.4 Å². The first-order valence-electron chi connectivity index (χ1n) is 9.13. The number of pyridine rings is 1. The van der Waals surface area contributed by atoms with Gasteiger partial charge in [-0.2, -0.15) is 0 Å². The van der Waals surface area contributed by atoms with E-state index < -0.39 is 5.91 Å². The average molecular weight is 411 g/mol. The average Bonchev–Trinajstić information content (AvgIpc) is 3.14. The van der Waals surface area contributed by atoms with E-state index in [1.54, 1.807) is 18.5 Å². The molecule has 0 aliphatic carbocycles. The van der Waals surface area contributed by atoms with Crippen molar-refractivity contribution in [2.24, 2.45) is 5.73 Å². The lowest BCUT2D eigenvalue weighted by molar-refractivity contribution is 0.0337. The highest BCUT2D eigenvalue weighted by molar-refractivity contribution is 7.19. The van der Waals surface area contributed by atoms with Gasteiger partial charge in [0.1, 0.15) is 10.8 Å². The van der Waals surface area contributed by atoms with Gasteiger partial charge in [-0.25, -0.2) is 15.0 Å². The molecule has 9 nitrogen and oxygen atoms in total. The van der Waals surface area contributed by atoms with Crippen LogP contribution < -0.4 is 16.8 Å². The summed E-state index contributed by atoms with van der Waals surface area (Å²) in [5, 5.41) is 3.86. The lowest BCUT2D eigenvalue weighted by Gasteiger charge is -2.26. The summed E-state index contributed by atoms with van der Waals surface area (Å²) in [6.07, 6.45) is 3.23. The highest BCUT2D eigenvalue weighted by atomic mass is 32.1. The number of hydrogen-bond acceptors (Lipinski definition) is 9. The molecule has 150 valence electrons. The van der Waals surface area contributed by atoms with Gasteiger partial charge in [0, 0.05) is 42.5 Å². The molecule has 0 atom stereocenters. The van der Waals surface area contributed by atoms with E-state index in [9.17, 15) is 4.79 Å². The topological polar surface area (TPSA) is 132 Å². The summed E-state index contributed by atoms with van der Waals surface area (Å²) in [5.74, 6) is 0.330. The predicted octanol–water partition coefficient (Wildman–Crippen LogP) is 1.86. The molecule has 4 rings (SSSR count). The first-order chi connectivity index (χ1) is 14.1. The number of primary amides is 1. The molecule has 1 aliphatic rings. The summed E-state index contributed by atoms with van der Waals surface area (Å²) >= 11 is 1.38. The Balaban J connectivity index is 1.56. The molecule has 0 radical (unpaired) electrons. The number of nitrogens with one attached hydrogen (secondary N) is 1. The van der Waals surface area contributed by atoms with Crippen LogP contribution in [0.15, 0.2) is 36.7 Å². The summed E-state index contributed by atoms with van der Waals surface area (Å²) in [6.45, 7) is 4.02. The molecule has 1 aliphatic heterocycles. The van der Waals surface area contributed by atoms with E-state index in [1.165, 1.54) is 11.3 Å². The zero-order chi connectivity index (χ0) is 20.2. The molecule has 1 amide bonds. The highest BCUT2D eigenvalue weighted by Gasteiger charge is 2.17. The van der Waals surface area contributed by atoms with Crippen molar-refractivity contribution in [2.45, 2.75) is 6.54 Å². The van der Waals surface area contributed by atoms with Crippen molar-refractivity contribution in [3.63, 3.8) is 0 Å². The Morgan fingerprint density at radius 2 is 2.00 bits per heavy atom. The maximum absolute atomic E-state index is 11.9. The molecule has 10 heteroatoms. The number of anilines is 3. The van der Waals surface area contributed by atoms with Gasteiger partial charge in [0.05, 0.1) is 24.5 Å². The van der Waals surface area contributed by atoms with Crippen molar-refractivity contribution >= 4 is 34.0 Å². The van der Waals surface area contributed by atoms with Crippen molar-refractivity contribution in [3.05, 3.63) is 47.9 Å². The van der Waals surface area contributed by atoms with Gasteiger partial charge in [-0.1, -0.05) is 6.07 Å². The number of morpholine rings is 1. The second kappa shape index (κ2) is 8.52. The maximum Gasteiger partial charge on any atom is 0.251 e. The van der Waals surface area contributed by atoms with Gasteiger partial charge in [-0.3, -0.25) is 9.69 Å². The number of rotatable bonds is 6. The number of nitrogens with two attached hydrogens (primary N) is 2. The number of carbonyl (C=O) groups excluding carboxylic acids is 1. The molecule has 0 aromatic carbocycles. The number of aromatic nitrogens is 3. The predicted molar refractivity (Wildman–Crippen MR) is 112 cm³/mol. The van der Waals surface area contributed by atoms with Crippen LogP contribution in [0.1, 0.15) is 16.1 Å². The number of carbonyl (C=O) groups is 1. The van der Waals surface area contributed by atoms with Gasteiger partial charge in [-0.05, 0) is 18.2 Å². The van der Waals surface area contributed by atoms with Crippen LogP contribution in [0.4, 0.5) is 16.8 Å². The third kappa shape index (κ3) is 4.67. The molecule has 0 unspecified atom stereocenters. The van der Waals surface area contributed by atoms with Crippen molar-refractivity contribution in [2.75, 3.05) is 37.4 Å². The van der Waals surface area contributed by atoms with Gasteiger partial charge in [0.2, 0.25) is 5.95 Å². The molecule has 3 aromatic rings. The maximum atomic E-state index is 11.9. The summed E-state index contributed by atoms with van der Waals surface area (Å²) in [5.41, 5.74) is 13.2. The fourth-order valence-corrected chi connectivity index (χ4v) is 4.06. The van der Waals surface area contributed by atoms with Crippen molar-refractivity contribution in [1.82, 2.24) is 19.9 Å².